The Morgan fingerprint density at radius 3 is 2.59 bits per heavy atom. The van der Waals surface area contributed by atoms with Crippen molar-refractivity contribution in [3.05, 3.63) is 58.7 Å². The predicted molar refractivity (Wildman–Crippen MR) is 117 cm³/mol. The van der Waals surface area contributed by atoms with Gasteiger partial charge in [0.15, 0.2) is 11.5 Å². The minimum Gasteiger partial charge on any atom is -0.504 e. The molecule has 2 heterocycles. The molecule has 1 saturated heterocycles. The van der Waals surface area contributed by atoms with Gasteiger partial charge in [0, 0.05) is 36.8 Å². The monoisotopic (exact) mass is 393 g/mol. The van der Waals surface area contributed by atoms with Gasteiger partial charge in [0.2, 0.25) is 0 Å². The SMILES string of the molecule is COc1cccc([C@@H]2CC(c3ccc(C)c(C)c3)=NC3(CCN(C)CC3)N2)c1O. The summed E-state index contributed by atoms with van der Waals surface area (Å²) < 4.78 is 5.35. The van der Waals surface area contributed by atoms with Gasteiger partial charge < -0.3 is 14.7 Å². The summed E-state index contributed by atoms with van der Waals surface area (Å²) in [4.78, 5) is 7.61. The molecule has 2 aromatic carbocycles. The van der Waals surface area contributed by atoms with Crippen LogP contribution in [0.5, 0.6) is 11.5 Å². The van der Waals surface area contributed by atoms with E-state index in [9.17, 15) is 5.11 Å². The molecule has 0 bridgehead atoms. The summed E-state index contributed by atoms with van der Waals surface area (Å²) in [5.41, 5.74) is 5.45. The summed E-state index contributed by atoms with van der Waals surface area (Å²) in [6, 6.07) is 12.3. The van der Waals surface area contributed by atoms with E-state index in [0.29, 0.717) is 5.75 Å². The standard InChI is InChI=1S/C24H31N3O2/c1-16-8-9-18(14-17(16)2)20-15-21(19-6-5-7-22(29-4)23(19)28)26-24(25-20)10-12-27(3)13-11-24/h5-9,14,21,26,28H,10-13,15H2,1-4H3/t21-/m0/s1. The highest BCUT2D eigenvalue weighted by Crippen LogP contribution is 2.40. The number of hydrogen-bond donors (Lipinski definition) is 2. The van der Waals surface area contributed by atoms with Crippen LogP contribution >= 0.6 is 0 Å². The number of hydrogen-bond acceptors (Lipinski definition) is 5. The van der Waals surface area contributed by atoms with E-state index in [-0.39, 0.29) is 17.5 Å². The topological polar surface area (TPSA) is 57.1 Å². The van der Waals surface area contributed by atoms with Crippen LogP contribution in [0.15, 0.2) is 41.4 Å². The zero-order valence-electron chi connectivity index (χ0n) is 17.8. The lowest BCUT2D eigenvalue weighted by Crippen LogP contribution is -2.55. The van der Waals surface area contributed by atoms with Gasteiger partial charge in [-0.2, -0.15) is 0 Å². The van der Waals surface area contributed by atoms with Gasteiger partial charge in [-0.1, -0.05) is 24.3 Å². The highest BCUT2D eigenvalue weighted by atomic mass is 16.5. The molecular weight excluding hydrogens is 362 g/mol. The Hall–Kier alpha value is -2.37. The minimum atomic E-state index is -0.293. The Morgan fingerprint density at radius 2 is 1.90 bits per heavy atom. The first-order valence-electron chi connectivity index (χ1n) is 10.4. The molecule has 4 rings (SSSR count). The molecule has 1 spiro atoms. The number of nitrogens with one attached hydrogen (secondary N) is 1. The maximum Gasteiger partial charge on any atom is 0.162 e. The van der Waals surface area contributed by atoms with Crippen LogP contribution in [-0.2, 0) is 0 Å². The summed E-state index contributed by atoms with van der Waals surface area (Å²) in [5.74, 6) is 0.730. The molecular formula is C24H31N3O2. The number of para-hydroxylation sites is 1. The number of rotatable bonds is 3. The molecule has 0 aliphatic carbocycles. The smallest absolute Gasteiger partial charge is 0.162 e. The van der Waals surface area contributed by atoms with Crippen LogP contribution < -0.4 is 10.1 Å². The fraction of sp³-hybridized carbons (Fsp3) is 0.458. The Kier molecular flexibility index (Phi) is 5.36. The maximum atomic E-state index is 10.8. The third kappa shape index (κ3) is 3.89. The third-order valence-corrected chi connectivity index (χ3v) is 6.47. The molecule has 2 aliphatic heterocycles. The number of aryl methyl sites for hydroxylation is 2. The van der Waals surface area contributed by atoms with Gasteiger partial charge >= 0.3 is 0 Å². The number of phenolic OH excluding ortho intramolecular Hbond substituents is 1. The van der Waals surface area contributed by atoms with Crippen molar-refractivity contribution < 1.29 is 9.84 Å². The van der Waals surface area contributed by atoms with Crippen LogP contribution in [0.1, 0.15) is 47.6 Å². The molecule has 5 nitrogen and oxygen atoms in total. The number of benzene rings is 2. The van der Waals surface area contributed by atoms with Gasteiger partial charge in [-0.05, 0) is 62.6 Å². The Labute approximate surface area is 173 Å². The number of piperidine rings is 1. The van der Waals surface area contributed by atoms with Gasteiger partial charge in [-0.3, -0.25) is 10.3 Å². The summed E-state index contributed by atoms with van der Waals surface area (Å²) in [6.45, 7) is 6.30. The average molecular weight is 394 g/mol. The van der Waals surface area contributed by atoms with E-state index in [0.717, 1.165) is 43.6 Å². The number of ether oxygens (including phenoxy) is 1. The van der Waals surface area contributed by atoms with Gasteiger partial charge in [0.1, 0.15) is 5.66 Å². The van der Waals surface area contributed by atoms with E-state index in [4.69, 9.17) is 9.73 Å². The van der Waals surface area contributed by atoms with Crippen molar-refractivity contribution in [2.24, 2.45) is 4.99 Å². The summed E-state index contributed by atoms with van der Waals surface area (Å²) >= 11 is 0. The van der Waals surface area contributed by atoms with Crippen LogP contribution in [0.3, 0.4) is 0 Å². The largest absolute Gasteiger partial charge is 0.504 e. The molecule has 5 heteroatoms. The number of phenols is 1. The van der Waals surface area contributed by atoms with Crippen molar-refractivity contribution >= 4 is 5.71 Å². The molecule has 0 amide bonds. The second-order valence-electron chi connectivity index (χ2n) is 8.49. The molecule has 1 fully saturated rings. The molecule has 0 saturated carbocycles. The normalized spacial score (nSPS) is 21.8. The number of methoxy groups -OCH3 is 1. The van der Waals surface area contributed by atoms with Gasteiger partial charge in [0.25, 0.3) is 0 Å². The fourth-order valence-corrected chi connectivity index (χ4v) is 4.43. The van der Waals surface area contributed by atoms with Crippen LogP contribution in [0.2, 0.25) is 0 Å². The van der Waals surface area contributed by atoms with Crippen molar-refractivity contribution in [2.45, 2.75) is 44.8 Å². The summed E-state index contributed by atoms with van der Waals surface area (Å²) in [6.07, 6.45) is 2.65. The van der Waals surface area contributed by atoms with Crippen LogP contribution in [0.25, 0.3) is 0 Å². The molecule has 2 aliphatic rings. The lowest BCUT2D eigenvalue weighted by Gasteiger charge is -2.44. The first-order valence-corrected chi connectivity index (χ1v) is 10.4. The van der Waals surface area contributed by atoms with E-state index < -0.39 is 0 Å². The van der Waals surface area contributed by atoms with Crippen molar-refractivity contribution in [3.63, 3.8) is 0 Å². The Balaban J connectivity index is 1.76. The van der Waals surface area contributed by atoms with Crippen molar-refractivity contribution in [1.29, 1.82) is 0 Å². The molecule has 0 aromatic heterocycles. The van der Waals surface area contributed by atoms with E-state index in [2.05, 4.69) is 49.3 Å². The molecule has 154 valence electrons. The number of likely N-dealkylation sites (tertiary alicyclic amines) is 1. The fourth-order valence-electron chi connectivity index (χ4n) is 4.43. The summed E-state index contributed by atoms with van der Waals surface area (Å²) in [5, 5.41) is 14.6. The Morgan fingerprint density at radius 1 is 1.14 bits per heavy atom. The molecule has 2 N–H and O–H groups in total. The highest BCUT2D eigenvalue weighted by Gasteiger charge is 2.40. The molecule has 0 unspecified atom stereocenters. The number of nitrogens with zero attached hydrogens (tertiary/aromatic N) is 2. The lowest BCUT2D eigenvalue weighted by atomic mass is 9.87. The first-order chi connectivity index (χ1) is 13.9. The van der Waals surface area contributed by atoms with Crippen molar-refractivity contribution in [3.8, 4) is 11.5 Å². The second kappa shape index (κ2) is 7.81. The quantitative estimate of drug-likeness (QED) is 0.829. The van der Waals surface area contributed by atoms with E-state index in [1.165, 1.54) is 16.7 Å². The van der Waals surface area contributed by atoms with Gasteiger partial charge in [-0.25, -0.2) is 0 Å². The number of aromatic hydroxyl groups is 1. The zero-order valence-corrected chi connectivity index (χ0v) is 17.8. The minimum absolute atomic E-state index is 0.0115. The van der Waals surface area contributed by atoms with Crippen molar-refractivity contribution in [2.75, 3.05) is 27.2 Å². The van der Waals surface area contributed by atoms with Crippen LogP contribution in [-0.4, -0.2) is 48.6 Å². The van der Waals surface area contributed by atoms with E-state index >= 15 is 0 Å². The molecule has 0 radical (unpaired) electrons. The summed E-state index contributed by atoms with van der Waals surface area (Å²) in [7, 11) is 3.75. The molecule has 29 heavy (non-hydrogen) atoms. The van der Waals surface area contributed by atoms with E-state index in [1.54, 1.807) is 13.2 Å². The van der Waals surface area contributed by atoms with Gasteiger partial charge in [0.05, 0.1) is 7.11 Å². The highest BCUT2D eigenvalue weighted by molar-refractivity contribution is 6.02. The van der Waals surface area contributed by atoms with E-state index in [1.807, 2.05) is 12.1 Å². The third-order valence-electron chi connectivity index (χ3n) is 6.47. The second-order valence-corrected chi connectivity index (χ2v) is 8.49. The van der Waals surface area contributed by atoms with Crippen molar-refractivity contribution in [1.82, 2.24) is 10.2 Å². The van der Waals surface area contributed by atoms with Crippen LogP contribution in [0.4, 0.5) is 0 Å². The maximum absolute atomic E-state index is 10.8. The predicted octanol–water partition coefficient (Wildman–Crippen LogP) is 3.96. The lowest BCUT2D eigenvalue weighted by molar-refractivity contribution is 0.144. The van der Waals surface area contributed by atoms with Gasteiger partial charge in [-0.15, -0.1) is 0 Å². The Bertz CT molecular complexity index is 930. The average Bonchev–Trinajstić information content (AvgIpc) is 2.72. The number of aliphatic imine (C=N–C) groups is 1. The zero-order chi connectivity index (χ0) is 20.6. The molecule has 2 aromatic rings. The first kappa shape index (κ1) is 19.9. The molecule has 1 atom stereocenters. The van der Waals surface area contributed by atoms with Crippen LogP contribution in [0, 0.1) is 13.8 Å².